The van der Waals surface area contributed by atoms with Gasteiger partial charge in [0.05, 0.1) is 5.02 Å². The van der Waals surface area contributed by atoms with Crippen LogP contribution in [0.2, 0.25) is 5.02 Å². The maximum absolute atomic E-state index is 13.8. The molecule has 4 rings (SSSR count). The second-order valence-corrected chi connectivity index (χ2v) is 6.41. The highest BCUT2D eigenvalue weighted by molar-refractivity contribution is 6.30. The molecule has 0 aliphatic rings. The first-order chi connectivity index (χ1) is 12.5. The zero-order valence-electron chi connectivity index (χ0n) is 13.8. The number of hydrogen-bond acceptors (Lipinski definition) is 2. The van der Waals surface area contributed by atoms with Gasteiger partial charge in [-0.3, -0.25) is 4.40 Å². The number of pyridine rings is 1. The van der Waals surface area contributed by atoms with Gasteiger partial charge in [-0.1, -0.05) is 17.7 Å². The lowest BCUT2D eigenvalue weighted by Gasteiger charge is -2.10. The average molecular weight is 370 g/mol. The third-order valence-corrected chi connectivity index (χ3v) is 4.37. The molecule has 2 aromatic carbocycles. The first-order valence-electron chi connectivity index (χ1n) is 7.98. The summed E-state index contributed by atoms with van der Waals surface area (Å²) in [5.74, 6) is -0.162. The molecule has 0 saturated heterocycles. The van der Waals surface area contributed by atoms with E-state index in [1.54, 1.807) is 18.2 Å². The highest BCUT2D eigenvalue weighted by atomic mass is 35.5. The fourth-order valence-corrected chi connectivity index (χ4v) is 2.91. The zero-order chi connectivity index (χ0) is 18.3. The lowest BCUT2D eigenvalue weighted by Crippen LogP contribution is -1.98. The molecular weight excluding hydrogens is 356 g/mol. The molecule has 0 bridgehead atoms. The van der Waals surface area contributed by atoms with Gasteiger partial charge in [-0.05, 0) is 61.0 Å². The van der Waals surface area contributed by atoms with Gasteiger partial charge >= 0.3 is 0 Å². The molecule has 0 spiro atoms. The van der Waals surface area contributed by atoms with Gasteiger partial charge in [0.25, 0.3) is 0 Å². The number of aryl methyl sites for hydroxylation is 1. The van der Waals surface area contributed by atoms with Crippen molar-refractivity contribution < 1.29 is 8.78 Å². The molecule has 0 amide bonds. The average Bonchev–Trinajstić information content (AvgIpc) is 2.97. The van der Waals surface area contributed by atoms with Crippen LogP contribution < -0.4 is 5.32 Å². The van der Waals surface area contributed by atoms with E-state index in [-0.39, 0.29) is 10.8 Å². The van der Waals surface area contributed by atoms with Gasteiger partial charge < -0.3 is 5.32 Å². The van der Waals surface area contributed by atoms with E-state index in [9.17, 15) is 8.78 Å². The maximum atomic E-state index is 13.8. The molecule has 0 fully saturated rings. The molecule has 26 heavy (non-hydrogen) atoms. The predicted octanol–water partition coefficient (Wildman–Crippen LogP) is 5.98. The second-order valence-electron chi connectivity index (χ2n) is 6.00. The fourth-order valence-electron chi connectivity index (χ4n) is 2.79. The summed E-state index contributed by atoms with van der Waals surface area (Å²) in [5, 5.41) is 3.27. The molecule has 4 aromatic rings. The summed E-state index contributed by atoms with van der Waals surface area (Å²) in [7, 11) is 0. The van der Waals surface area contributed by atoms with Crippen LogP contribution in [-0.4, -0.2) is 9.38 Å². The molecule has 3 nitrogen and oxygen atoms in total. The SMILES string of the molecule is Cc1ccc2nc(-c3ccc(F)cc3)c(Nc3ccc(Cl)c(F)c3)n2c1. The number of nitrogens with one attached hydrogen (secondary N) is 1. The molecule has 0 aliphatic heterocycles. The van der Waals surface area contributed by atoms with Crippen molar-refractivity contribution >= 4 is 28.8 Å². The molecule has 0 radical (unpaired) electrons. The molecule has 0 saturated carbocycles. The minimum atomic E-state index is -0.509. The maximum Gasteiger partial charge on any atom is 0.143 e. The molecule has 6 heteroatoms. The number of imidazole rings is 1. The highest BCUT2D eigenvalue weighted by Gasteiger charge is 2.15. The van der Waals surface area contributed by atoms with Crippen LogP contribution in [-0.2, 0) is 0 Å². The molecular formula is C20H14ClF2N3. The van der Waals surface area contributed by atoms with E-state index in [1.807, 2.05) is 29.7 Å². The summed E-state index contributed by atoms with van der Waals surface area (Å²) in [6, 6.07) is 14.5. The van der Waals surface area contributed by atoms with Gasteiger partial charge in [0.15, 0.2) is 0 Å². The Morgan fingerprint density at radius 3 is 2.50 bits per heavy atom. The molecule has 0 aliphatic carbocycles. The number of anilines is 2. The standard InChI is InChI=1S/C20H14ClF2N3/c1-12-2-9-18-25-19(13-3-5-14(22)6-4-13)20(26(18)11-12)24-15-7-8-16(21)17(23)10-15/h2-11,24H,1H3. The van der Waals surface area contributed by atoms with Gasteiger partial charge in [-0.25, -0.2) is 13.8 Å². The molecule has 0 atom stereocenters. The van der Waals surface area contributed by atoms with E-state index in [0.29, 0.717) is 17.2 Å². The fraction of sp³-hybridized carbons (Fsp3) is 0.0500. The monoisotopic (exact) mass is 369 g/mol. The minimum absolute atomic E-state index is 0.0586. The number of rotatable bonds is 3. The van der Waals surface area contributed by atoms with Gasteiger partial charge in [0.1, 0.15) is 28.8 Å². The quantitative estimate of drug-likeness (QED) is 0.481. The number of aromatic nitrogens is 2. The van der Waals surface area contributed by atoms with Crippen LogP contribution in [0.3, 0.4) is 0 Å². The number of fused-ring (bicyclic) bond motifs is 1. The molecule has 1 N–H and O–H groups in total. The van der Waals surface area contributed by atoms with E-state index in [0.717, 1.165) is 16.8 Å². The van der Waals surface area contributed by atoms with E-state index >= 15 is 0 Å². The Kier molecular flexibility index (Phi) is 4.09. The zero-order valence-corrected chi connectivity index (χ0v) is 14.6. The van der Waals surface area contributed by atoms with Crippen molar-refractivity contribution in [2.75, 3.05) is 5.32 Å². The second kappa shape index (κ2) is 6.42. The first-order valence-corrected chi connectivity index (χ1v) is 8.36. The van der Waals surface area contributed by atoms with E-state index in [2.05, 4.69) is 10.3 Å². The van der Waals surface area contributed by atoms with E-state index in [1.165, 1.54) is 24.3 Å². The smallest absolute Gasteiger partial charge is 0.143 e. The van der Waals surface area contributed by atoms with Crippen LogP contribution in [0.15, 0.2) is 60.8 Å². The van der Waals surface area contributed by atoms with Gasteiger partial charge in [0.2, 0.25) is 0 Å². The van der Waals surface area contributed by atoms with Crippen molar-refractivity contribution in [2.24, 2.45) is 0 Å². The molecule has 2 aromatic heterocycles. The summed E-state index contributed by atoms with van der Waals surface area (Å²) in [4.78, 5) is 4.65. The van der Waals surface area contributed by atoms with Crippen molar-refractivity contribution in [2.45, 2.75) is 6.92 Å². The predicted molar refractivity (Wildman–Crippen MR) is 100 cm³/mol. The Morgan fingerprint density at radius 2 is 1.77 bits per heavy atom. The summed E-state index contributed by atoms with van der Waals surface area (Å²) in [6.45, 7) is 1.97. The Labute approximate surface area is 153 Å². The number of hydrogen-bond donors (Lipinski definition) is 1. The summed E-state index contributed by atoms with van der Waals surface area (Å²) >= 11 is 5.76. The molecule has 2 heterocycles. The van der Waals surface area contributed by atoms with Crippen molar-refractivity contribution in [1.29, 1.82) is 0 Å². The number of halogens is 3. The van der Waals surface area contributed by atoms with Crippen LogP contribution in [0, 0.1) is 18.6 Å². The Morgan fingerprint density at radius 1 is 1.00 bits per heavy atom. The van der Waals surface area contributed by atoms with Gasteiger partial charge in [-0.2, -0.15) is 0 Å². The largest absolute Gasteiger partial charge is 0.339 e. The first kappa shape index (κ1) is 16.5. The third-order valence-electron chi connectivity index (χ3n) is 4.07. The Hall–Kier alpha value is -2.92. The number of benzene rings is 2. The number of nitrogens with zero attached hydrogens (tertiary/aromatic N) is 2. The van der Waals surface area contributed by atoms with Crippen molar-refractivity contribution in [3.05, 3.63) is 83.0 Å². The molecule has 0 unspecified atom stereocenters. The van der Waals surface area contributed by atoms with Crippen molar-refractivity contribution in [3.63, 3.8) is 0 Å². The lowest BCUT2D eigenvalue weighted by atomic mass is 10.1. The van der Waals surface area contributed by atoms with E-state index in [4.69, 9.17) is 11.6 Å². The summed E-state index contributed by atoms with van der Waals surface area (Å²) in [5.41, 5.74) is 3.71. The van der Waals surface area contributed by atoms with E-state index < -0.39 is 5.82 Å². The Balaban J connectivity index is 1.89. The minimum Gasteiger partial charge on any atom is -0.339 e. The van der Waals surface area contributed by atoms with Crippen molar-refractivity contribution in [3.8, 4) is 11.3 Å². The Bertz CT molecular complexity index is 1100. The van der Waals surface area contributed by atoms with Crippen LogP contribution in [0.5, 0.6) is 0 Å². The van der Waals surface area contributed by atoms with Crippen LogP contribution in [0.4, 0.5) is 20.3 Å². The van der Waals surface area contributed by atoms with Gasteiger partial charge in [-0.15, -0.1) is 0 Å². The van der Waals surface area contributed by atoms with Crippen LogP contribution in [0.1, 0.15) is 5.56 Å². The summed E-state index contributed by atoms with van der Waals surface area (Å²) in [6.07, 6.45) is 1.93. The van der Waals surface area contributed by atoms with Crippen LogP contribution >= 0.6 is 11.6 Å². The molecule has 130 valence electrons. The van der Waals surface area contributed by atoms with Crippen molar-refractivity contribution in [1.82, 2.24) is 9.38 Å². The topological polar surface area (TPSA) is 29.3 Å². The third kappa shape index (κ3) is 3.02. The van der Waals surface area contributed by atoms with Crippen LogP contribution in [0.25, 0.3) is 16.9 Å². The normalized spacial score (nSPS) is 11.1. The lowest BCUT2D eigenvalue weighted by molar-refractivity contribution is 0.628. The van der Waals surface area contributed by atoms with Gasteiger partial charge in [0, 0.05) is 17.4 Å². The highest BCUT2D eigenvalue weighted by Crippen LogP contribution is 2.32. The summed E-state index contributed by atoms with van der Waals surface area (Å²) < 4.78 is 29.0.